The Balaban J connectivity index is 1.91. The Labute approximate surface area is 131 Å². The first kappa shape index (κ1) is 14.4. The highest BCUT2D eigenvalue weighted by Crippen LogP contribution is 2.63. The third-order valence-corrected chi connectivity index (χ3v) is 7.27. The van der Waals surface area contributed by atoms with E-state index in [-0.39, 0.29) is 0 Å². The molecule has 0 amide bonds. The number of fused-ring (bicyclic) bond motifs is 2. The van der Waals surface area contributed by atoms with Crippen LogP contribution < -0.4 is 5.32 Å². The van der Waals surface area contributed by atoms with Gasteiger partial charge < -0.3 is 5.32 Å². The summed E-state index contributed by atoms with van der Waals surface area (Å²) in [6.45, 7) is 11.8. The van der Waals surface area contributed by atoms with Crippen molar-refractivity contribution in [2.24, 2.45) is 16.7 Å². The third kappa shape index (κ3) is 2.03. The second-order valence-corrected chi connectivity index (χ2v) is 8.71. The molecule has 3 unspecified atom stereocenters. The topological polar surface area (TPSA) is 12.0 Å². The predicted molar refractivity (Wildman–Crippen MR) is 90.3 cm³/mol. The molecule has 0 aromatic heterocycles. The average molecular weight is 336 g/mol. The maximum atomic E-state index is 3.89. The summed E-state index contributed by atoms with van der Waals surface area (Å²) < 4.78 is 1.24. The van der Waals surface area contributed by atoms with E-state index in [9.17, 15) is 0 Å². The quantitative estimate of drug-likeness (QED) is 0.731. The summed E-state index contributed by atoms with van der Waals surface area (Å²) in [5.74, 6) is 0.891. The molecule has 0 saturated heterocycles. The summed E-state index contributed by atoms with van der Waals surface area (Å²) in [5, 5.41) is 3.89. The van der Waals surface area contributed by atoms with E-state index in [1.54, 1.807) is 0 Å². The molecule has 110 valence electrons. The van der Waals surface area contributed by atoms with Gasteiger partial charge in [0.15, 0.2) is 0 Å². The molecule has 1 aromatic carbocycles. The second kappa shape index (κ2) is 4.50. The van der Waals surface area contributed by atoms with Crippen LogP contribution in [-0.2, 0) is 0 Å². The zero-order chi connectivity index (χ0) is 14.7. The van der Waals surface area contributed by atoms with Crippen LogP contribution in [0.3, 0.4) is 0 Å². The van der Waals surface area contributed by atoms with Gasteiger partial charge in [0.2, 0.25) is 0 Å². The van der Waals surface area contributed by atoms with Gasteiger partial charge in [-0.05, 0) is 73.1 Å². The first-order chi connectivity index (χ1) is 9.24. The lowest BCUT2D eigenvalue weighted by molar-refractivity contribution is 0.155. The van der Waals surface area contributed by atoms with Crippen LogP contribution in [0.2, 0.25) is 0 Å². The van der Waals surface area contributed by atoms with Crippen LogP contribution in [0.4, 0.5) is 5.69 Å². The molecule has 0 spiro atoms. The molecule has 3 atom stereocenters. The first-order valence-corrected chi connectivity index (χ1v) is 8.56. The fourth-order valence-electron chi connectivity index (χ4n) is 4.86. The highest BCUT2D eigenvalue weighted by molar-refractivity contribution is 9.10. The number of rotatable bonds is 2. The molecule has 3 rings (SSSR count). The van der Waals surface area contributed by atoms with Crippen LogP contribution >= 0.6 is 15.9 Å². The van der Waals surface area contributed by atoms with Crippen molar-refractivity contribution in [3.05, 3.63) is 27.7 Å². The number of anilines is 1. The number of hydrogen-bond donors (Lipinski definition) is 1. The average Bonchev–Trinajstić information content (AvgIpc) is 2.83. The van der Waals surface area contributed by atoms with Crippen LogP contribution in [0.5, 0.6) is 0 Å². The van der Waals surface area contributed by atoms with E-state index in [1.165, 1.54) is 40.5 Å². The highest BCUT2D eigenvalue weighted by Gasteiger charge is 2.59. The van der Waals surface area contributed by atoms with Crippen molar-refractivity contribution in [2.75, 3.05) is 5.32 Å². The zero-order valence-corrected chi connectivity index (χ0v) is 14.9. The smallest absolute Gasteiger partial charge is 0.0368 e. The minimum Gasteiger partial charge on any atom is -0.381 e. The Morgan fingerprint density at radius 2 is 1.75 bits per heavy atom. The molecular formula is C18H26BrN. The van der Waals surface area contributed by atoms with E-state index in [0.29, 0.717) is 16.9 Å². The molecule has 2 fully saturated rings. The molecule has 1 aromatic rings. The maximum absolute atomic E-state index is 3.89. The van der Waals surface area contributed by atoms with Crippen molar-refractivity contribution < 1.29 is 0 Å². The number of benzene rings is 1. The number of halogens is 1. The molecule has 2 aliphatic carbocycles. The van der Waals surface area contributed by atoms with Crippen molar-refractivity contribution in [1.82, 2.24) is 0 Å². The maximum Gasteiger partial charge on any atom is 0.0368 e. The summed E-state index contributed by atoms with van der Waals surface area (Å²) in [6, 6.07) is 5.15. The molecule has 20 heavy (non-hydrogen) atoms. The molecule has 1 N–H and O–H groups in total. The van der Waals surface area contributed by atoms with Gasteiger partial charge in [0.25, 0.3) is 0 Å². The van der Waals surface area contributed by atoms with Crippen molar-refractivity contribution in [3.63, 3.8) is 0 Å². The van der Waals surface area contributed by atoms with Crippen LogP contribution in [0.15, 0.2) is 16.6 Å². The number of hydrogen-bond acceptors (Lipinski definition) is 1. The Bertz CT molecular complexity index is 521. The third-order valence-electron chi connectivity index (χ3n) is 6.02. The lowest BCUT2D eigenvalue weighted by Crippen LogP contribution is -2.45. The standard InChI is InChI=1S/C18H26BrN/c1-11-8-14(9-12(2)15(11)19)20-16-17(3,4)13-6-7-18(16,5)10-13/h8-9,13,16,20H,6-7,10H2,1-5H3. The van der Waals surface area contributed by atoms with E-state index >= 15 is 0 Å². The predicted octanol–water partition coefficient (Wildman–Crippen LogP) is 5.69. The van der Waals surface area contributed by atoms with Gasteiger partial charge in [-0.2, -0.15) is 0 Å². The zero-order valence-electron chi connectivity index (χ0n) is 13.3. The van der Waals surface area contributed by atoms with E-state index in [0.717, 1.165) is 5.92 Å². The summed E-state index contributed by atoms with van der Waals surface area (Å²) >= 11 is 3.66. The van der Waals surface area contributed by atoms with Crippen molar-refractivity contribution >= 4 is 21.6 Å². The number of nitrogens with one attached hydrogen (secondary N) is 1. The Morgan fingerprint density at radius 1 is 1.15 bits per heavy atom. The fraction of sp³-hybridized carbons (Fsp3) is 0.667. The van der Waals surface area contributed by atoms with Gasteiger partial charge in [-0.3, -0.25) is 0 Å². The van der Waals surface area contributed by atoms with Crippen molar-refractivity contribution in [2.45, 2.75) is 59.9 Å². The fourth-order valence-corrected chi connectivity index (χ4v) is 5.09. The minimum absolute atomic E-state index is 0.405. The van der Waals surface area contributed by atoms with Crippen LogP contribution in [-0.4, -0.2) is 6.04 Å². The first-order valence-electron chi connectivity index (χ1n) is 7.77. The summed E-state index contributed by atoms with van der Waals surface area (Å²) in [5.41, 5.74) is 4.80. The molecule has 0 aliphatic heterocycles. The van der Waals surface area contributed by atoms with Gasteiger partial charge >= 0.3 is 0 Å². The van der Waals surface area contributed by atoms with Gasteiger partial charge in [0.05, 0.1) is 0 Å². The number of aryl methyl sites for hydroxylation is 2. The van der Waals surface area contributed by atoms with Gasteiger partial charge in [0.1, 0.15) is 0 Å². The van der Waals surface area contributed by atoms with E-state index in [4.69, 9.17) is 0 Å². The molecule has 2 bridgehead atoms. The molecule has 2 aliphatic rings. The lowest BCUT2D eigenvalue weighted by atomic mass is 9.68. The van der Waals surface area contributed by atoms with Gasteiger partial charge in [0, 0.05) is 16.2 Å². The largest absolute Gasteiger partial charge is 0.381 e. The SMILES string of the molecule is Cc1cc(NC2C3(C)CCC(C3)C2(C)C)cc(C)c1Br. The summed E-state index contributed by atoms with van der Waals surface area (Å²) in [6.07, 6.45) is 4.19. The lowest BCUT2D eigenvalue weighted by Gasteiger charge is -2.43. The van der Waals surface area contributed by atoms with E-state index in [2.05, 4.69) is 68.0 Å². The van der Waals surface area contributed by atoms with Crippen molar-refractivity contribution in [3.8, 4) is 0 Å². The second-order valence-electron chi connectivity index (χ2n) is 7.92. The van der Waals surface area contributed by atoms with Crippen LogP contribution in [0.25, 0.3) is 0 Å². The van der Waals surface area contributed by atoms with Crippen LogP contribution in [0, 0.1) is 30.6 Å². The Hall–Kier alpha value is -0.500. The molecule has 0 heterocycles. The van der Waals surface area contributed by atoms with E-state index in [1.807, 2.05) is 0 Å². The molecule has 1 nitrogen and oxygen atoms in total. The van der Waals surface area contributed by atoms with Gasteiger partial charge in [-0.1, -0.05) is 36.7 Å². The van der Waals surface area contributed by atoms with Crippen LogP contribution in [0.1, 0.15) is 51.2 Å². The molecule has 2 heteroatoms. The molecule has 2 saturated carbocycles. The van der Waals surface area contributed by atoms with Crippen molar-refractivity contribution in [1.29, 1.82) is 0 Å². The van der Waals surface area contributed by atoms with Gasteiger partial charge in [-0.15, -0.1) is 0 Å². The monoisotopic (exact) mass is 335 g/mol. The van der Waals surface area contributed by atoms with E-state index < -0.39 is 0 Å². The highest BCUT2D eigenvalue weighted by atomic mass is 79.9. The minimum atomic E-state index is 0.405. The Morgan fingerprint density at radius 3 is 2.25 bits per heavy atom. The summed E-state index contributed by atoms with van der Waals surface area (Å²) in [4.78, 5) is 0. The molecular weight excluding hydrogens is 310 g/mol. The summed E-state index contributed by atoms with van der Waals surface area (Å²) in [7, 11) is 0. The van der Waals surface area contributed by atoms with Gasteiger partial charge in [-0.25, -0.2) is 0 Å². The Kier molecular flexibility index (Phi) is 3.25. The molecule has 0 radical (unpaired) electrons. The normalized spacial score (nSPS) is 34.5.